The summed E-state index contributed by atoms with van der Waals surface area (Å²) in [6.07, 6.45) is 0. The quantitative estimate of drug-likeness (QED) is 0.614. The van der Waals surface area contributed by atoms with Gasteiger partial charge in [-0.2, -0.15) is 0 Å². The van der Waals surface area contributed by atoms with E-state index >= 15 is 0 Å². The molecule has 0 aliphatic carbocycles. The van der Waals surface area contributed by atoms with Gasteiger partial charge in [-0.05, 0) is 12.1 Å². The second-order valence-electron chi connectivity index (χ2n) is 4.19. The third-order valence-corrected chi connectivity index (χ3v) is 2.96. The number of nitro benzene ring substituents is 1. The summed E-state index contributed by atoms with van der Waals surface area (Å²) in [5.41, 5.74) is 5.48. The number of halogens is 2. The summed E-state index contributed by atoms with van der Waals surface area (Å²) in [5, 5.41) is 14.2. The molecular weight excluding hydrogens is 329 g/mol. The molecule has 0 heterocycles. The largest absolute Gasteiger partial charge is 0.457 e. The Balaban J connectivity index is 0.00000242. The predicted molar refractivity (Wildman–Crippen MR) is 89.4 cm³/mol. The molecule has 0 aliphatic heterocycles. The van der Waals surface area contributed by atoms with Gasteiger partial charge < -0.3 is 15.8 Å². The van der Waals surface area contributed by atoms with Gasteiger partial charge in [0.15, 0.2) is 0 Å². The average Bonchev–Trinajstić information content (AvgIpc) is 2.46. The van der Waals surface area contributed by atoms with E-state index in [0.717, 1.165) is 0 Å². The van der Waals surface area contributed by atoms with Crippen LogP contribution in [-0.2, 0) is 0 Å². The molecule has 2 aromatic rings. The van der Waals surface area contributed by atoms with E-state index in [9.17, 15) is 10.1 Å². The molecule has 0 radical (unpaired) electrons. The van der Waals surface area contributed by atoms with Crippen LogP contribution in [0.15, 0.2) is 42.5 Å². The average molecular weight is 344 g/mol. The molecule has 0 atom stereocenters. The molecule has 3 N–H and O–H groups in total. The lowest BCUT2D eigenvalue weighted by Gasteiger charge is -2.11. The van der Waals surface area contributed by atoms with E-state index in [1.807, 2.05) is 18.2 Å². The smallest absolute Gasteiger partial charge is 0.297 e. The highest BCUT2D eigenvalue weighted by atomic mass is 35.5. The SMILES string of the molecule is Cl.NCCNc1c(Cl)cc(Oc2ccccc2)cc1[N+](=O)[O-]. The summed E-state index contributed by atoms with van der Waals surface area (Å²) in [7, 11) is 0. The van der Waals surface area contributed by atoms with Crippen LogP contribution in [0, 0.1) is 10.1 Å². The lowest BCUT2D eigenvalue weighted by molar-refractivity contribution is -0.384. The standard InChI is InChI=1S/C14H14ClN3O3.ClH/c15-12-8-11(21-10-4-2-1-3-5-10)9-13(18(19)20)14(12)17-7-6-16;/h1-5,8-9,17H,6-7,16H2;1H. The highest BCUT2D eigenvalue weighted by Crippen LogP contribution is 2.37. The number of benzene rings is 2. The van der Waals surface area contributed by atoms with E-state index in [1.54, 1.807) is 12.1 Å². The Morgan fingerprint density at radius 1 is 1.23 bits per heavy atom. The molecule has 118 valence electrons. The van der Waals surface area contributed by atoms with E-state index in [1.165, 1.54) is 12.1 Å². The van der Waals surface area contributed by atoms with Crippen LogP contribution in [0.1, 0.15) is 0 Å². The number of hydrogen-bond acceptors (Lipinski definition) is 5. The lowest BCUT2D eigenvalue weighted by atomic mass is 10.2. The van der Waals surface area contributed by atoms with Gasteiger partial charge in [-0.15, -0.1) is 12.4 Å². The van der Waals surface area contributed by atoms with Gasteiger partial charge in [-0.1, -0.05) is 29.8 Å². The fourth-order valence-corrected chi connectivity index (χ4v) is 2.04. The fraction of sp³-hybridized carbons (Fsp3) is 0.143. The van der Waals surface area contributed by atoms with Crippen molar-refractivity contribution in [2.24, 2.45) is 5.73 Å². The predicted octanol–water partition coefficient (Wildman–Crippen LogP) is 3.83. The number of nitrogens with zero attached hydrogens (tertiary/aromatic N) is 1. The lowest BCUT2D eigenvalue weighted by Crippen LogP contribution is -2.14. The second kappa shape index (κ2) is 8.43. The number of para-hydroxylation sites is 1. The fourth-order valence-electron chi connectivity index (χ4n) is 1.77. The molecule has 22 heavy (non-hydrogen) atoms. The Bertz CT molecular complexity index is 639. The molecule has 8 heteroatoms. The van der Waals surface area contributed by atoms with Crippen molar-refractivity contribution in [2.45, 2.75) is 0 Å². The Kier molecular flexibility index (Phi) is 6.91. The molecule has 0 amide bonds. The van der Waals surface area contributed by atoms with Gasteiger partial charge in [0.05, 0.1) is 16.0 Å². The number of ether oxygens (including phenoxy) is 1. The molecule has 0 aliphatic rings. The van der Waals surface area contributed by atoms with Crippen molar-refractivity contribution in [3.63, 3.8) is 0 Å². The van der Waals surface area contributed by atoms with Gasteiger partial charge in [0.1, 0.15) is 17.2 Å². The minimum Gasteiger partial charge on any atom is -0.457 e. The maximum Gasteiger partial charge on any atom is 0.297 e. The minimum absolute atomic E-state index is 0. The van der Waals surface area contributed by atoms with Gasteiger partial charge in [0, 0.05) is 19.2 Å². The third-order valence-electron chi connectivity index (χ3n) is 2.66. The summed E-state index contributed by atoms with van der Waals surface area (Å²) >= 11 is 6.09. The third kappa shape index (κ3) is 4.49. The molecule has 6 nitrogen and oxygen atoms in total. The van der Waals surface area contributed by atoms with Gasteiger partial charge in [-0.3, -0.25) is 10.1 Å². The molecular formula is C14H15Cl2N3O3. The monoisotopic (exact) mass is 343 g/mol. The molecule has 0 fully saturated rings. The van der Waals surface area contributed by atoms with Gasteiger partial charge in [0.25, 0.3) is 5.69 Å². The summed E-state index contributed by atoms with van der Waals surface area (Å²) in [5.74, 6) is 0.877. The maximum atomic E-state index is 11.2. The first-order valence-electron chi connectivity index (χ1n) is 6.26. The zero-order valence-corrected chi connectivity index (χ0v) is 13.1. The first kappa shape index (κ1) is 18.0. The van der Waals surface area contributed by atoms with Gasteiger partial charge in [0.2, 0.25) is 0 Å². The molecule has 0 bridgehead atoms. The Hall–Kier alpha value is -2.02. The van der Waals surface area contributed by atoms with Crippen LogP contribution in [0.25, 0.3) is 0 Å². The number of nitro groups is 1. The molecule has 0 unspecified atom stereocenters. The van der Waals surface area contributed by atoms with Crippen LogP contribution in [0.5, 0.6) is 11.5 Å². The second-order valence-corrected chi connectivity index (χ2v) is 4.59. The normalized spacial score (nSPS) is 9.73. The number of anilines is 1. The summed E-state index contributed by atoms with van der Waals surface area (Å²) in [6.45, 7) is 0.731. The molecule has 0 spiro atoms. The highest BCUT2D eigenvalue weighted by Gasteiger charge is 2.19. The van der Waals surface area contributed by atoms with Crippen LogP contribution in [0.4, 0.5) is 11.4 Å². The molecule has 0 aromatic heterocycles. The number of rotatable bonds is 6. The maximum absolute atomic E-state index is 11.2. The van der Waals surface area contributed by atoms with Crippen molar-refractivity contribution in [2.75, 3.05) is 18.4 Å². The van der Waals surface area contributed by atoms with E-state index in [-0.39, 0.29) is 28.8 Å². The highest BCUT2D eigenvalue weighted by molar-refractivity contribution is 6.34. The molecule has 2 aromatic carbocycles. The van der Waals surface area contributed by atoms with Gasteiger partial charge >= 0.3 is 0 Å². The van der Waals surface area contributed by atoms with Crippen LogP contribution in [-0.4, -0.2) is 18.0 Å². The summed E-state index contributed by atoms with van der Waals surface area (Å²) in [4.78, 5) is 10.7. The minimum atomic E-state index is -0.511. The van der Waals surface area contributed by atoms with E-state index < -0.39 is 4.92 Å². The zero-order chi connectivity index (χ0) is 15.2. The topological polar surface area (TPSA) is 90.4 Å². The van der Waals surface area contributed by atoms with Crippen LogP contribution in [0.3, 0.4) is 0 Å². The van der Waals surface area contributed by atoms with E-state index in [0.29, 0.717) is 24.6 Å². The number of nitrogens with two attached hydrogens (primary N) is 1. The Morgan fingerprint density at radius 3 is 2.50 bits per heavy atom. The molecule has 0 saturated carbocycles. The van der Waals surface area contributed by atoms with Gasteiger partial charge in [-0.25, -0.2) is 0 Å². The number of nitrogens with one attached hydrogen (secondary N) is 1. The van der Waals surface area contributed by atoms with E-state index in [4.69, 9.17) is 22.1 Å². The van der Waals surface area contributed by atoms with E-state index in [2.05, 4.69) is 5.32 Å². The first-order chi connectivity index (χ1) is 10.1. The van der Waals surface area contributed by atoms with Crippen molar-refractivity contribution in [1.29, 1.82) is 0 Å². The van der Waals surface area contributed by atoms with Crippen molar-refractivity contribution in [1.82, 2.24) is 0 Å². The summed E-state index contributed by atoms with van der Waals surface area (Å²) < 4.78 is 5.57. The van der Waals surface area contributed by atoms with Crippen molar-refractivity contribution >= 4 is 35.4 Å². The van der Waals surface area contributed by atoms with Crippen LogP contribution >= 0.6 is 24.0 Å². The molecule has 2 rings (SSSR count). The van der Waals surface area contributed by atoms with Crippen molar-refractivity contribution in [3.05, 3.63) is 57.6 Å². The zero-order valence-electron chi connectivity index (χ0n) is 11.5. The van der Waals surface area contributed by atoms with Crippen LogP contribution < -0.4 is 15.8 Å². The van der Waals surface area contributed by atoms with Crippen LogP contribution in [0.2, 0.25) is 5.02 Å². The van der Waals surface area contributed by atoms with Crippen molar-refractivity contribution in [3.8, 4) is 11.5 Å². The number of hydrogen-bond donors (Lipinski definition) is 2. The Morgan fingerprint density at radius 2 is 1.91 bits per heavy atom. The summed E-state index contributed by atoms with van der Waals surface area (Å²) in [6, 6.07) is 11.8. The Labute approximate surface area is 138 Å². The van der Waals surface area contributed by atoms with Crippen molar-refractivity contribution < 1.29 is 9.66 Å². The molecule has 0 saturated heterocycles. The first-order valence-corrected chi connectivity index (χ1v) is 6.64.